The maximum absolute atomic E-state index is 13.9. The van der Waals surface area contributed by atoms with Gasteiger partial charge < -0.3 is 10.2 Å². The van der Waals surface area contributed by atoms with E-state index in [2.05, 4.69) is 5.32 Å². The van der Waals surface area contributed by atoms with Crippen LogP contribution < -0.4 is 9.62 Å². The molecular formula is C30H33ClF3N3O4S. The lowest BCUT2D eigenvalue weighted by atomic mass is 10.1. The number of benzene rings is 3. The first-order chi connectivity index (χ1) is 19.4. The maximum atomic E-state index is 13.9. The number of amides is 2. The number of carbonyl (C=O) groups excluding carboxylic acids is 2. The summed E-state index contributed by atoms with van der Waals surface area (Å²) in [6.45, 7) is 7.64. The van der Waals surface area contributed by atoms with Crippen LogP contribution >= 0.6 is 11.6 Å². The highest BCUT2D eigenvalue weighted by atomic mass is 35.5. The van der Waals surface area contributed by atoms with Crippen molar-refractivity contribution >= 4 is 39.1 Å². The Balaban J connectivity index is 2.12. The molecule has 0 aliphatic rings. The minimum Gasteiger partial charge on any atom is -0.350 e. The Hall–Kier alpha value is -3.57. The van der Waals surface area contributed by atoms with Gasteiger partial charge in [0.25, 0.3) is 10.0 Å². The zero-order chi connectivity index (χ0) is 31.5. The van der Waals surface area contributed by atoms with Gasteiger partial charge in [0.1, 0.15) is 12.6 Å². The second kappa shape index (κ2) is 12.7. The van der Waals surface area contributed by atoms with Crippen molar-refractivity contribution in [1.29, 1.82) is 0 Å². The van der Waals surface area contributed by atoms with Crippen LogP contribution in [0.4, 0.5) is 18.9 Å². The maximum Gasteiger partial charge on any atom is 0.417 e. The van der Waals surface area contributed by atoms with Crippen LogP contribution in [0, 0.1) is 6.92 Å². The molecule has 0 fully saturated rings. The van der Waals surface area contributed by atoms with Gasteiger partial charge >= 0.3 is 6.18 Å². The lowest BCUT2D eigenvalue weighted by molar-refractivity contribution is -0.140. The quantitative estimate of drug-likeness (QED) is 0.308. The summed E-state index contributed by atoms with van der Waals surface area (Å²) in [4.78, 5) is 28.0. The van der Waals surface area contributed by atoms with E-state index in [1.807, 2.05) is 0 Å². The molecule has 1 atom stereocenters. The summed E-state index contributed by atoms with van der Waals surface area (Å²) >= 11 is 5.80. The Labute approximate surface area is 249 Å². The fourth-order valence-corrected chi connectivity index (χ4v) is 5.72. The first kappa shape index (κ1) is 32.9. The highest BCUT2D eigenvalue weighted by Gasteiger charge is 2.37. The molecule has 2 amide bonds. The minimum atomic E-state index is -4.88. The van der Waals surface area contributed by atoms with Gasteiger partial charge in [-0.05, 0) is 70.5 Å². The number of aryl methyl sites for hydroxylation is 1. The van der Waals surface area contributed by atoms with Crippen molar-refractivity contribution in [3.05, 3.63) is 94.5 Å². The Morgan fingerprint density at radius 3 is 2.10 bits per heavy atom. The van der Waals surface area contributed by atoms with Gasteiger partial charge in [-0.2, -0.15) is 13.2 Å². The van der Waals surface area contributed by atoms with Crippen LogP contribution in [0.3, 0.4) is 0 Å². The van der Waals surface area contributed by atoms with E-state index < -0.39 is 62.4 Å². The molecule has 226 valence electrons. The average Bonchev–Trinajstić information content (AvgIpc) is 2.89. The van der Waals surface area contributed by atoms with Crippen LogP contribution in [-0.4, -0.2) is 43.3 Å². The van der Waals surface area contributed by atoms with E-state index >= 15 is 0 Å². The number of carbonyl (C=O) groups is 2. The van der Waals surface area contributed by atoms with Crippen molar-refractivity contribution in [1.82, 2.24) is 10.2 Å². The van der Waals surface area contributed by atoms with E-state index in [0.29, 0.717) is 15.9 Å². The predicted molar refractivity (Wildman–Crippen MR) is 157 cm³/mol. The van der Waals surface area contributed by atoms with Crippen LogP contribution in [0.25, 0.3) is 0 Å². The molecule has 3 rings (SSSR count). The van der Waals surface area contributed by atoms with Crippen molar-refractivity contribution in [3.63, 3.8) is 0 Å². The van der Waals surface area contributed by atoms with Crippen molar-refractivity contribution < 1.29 is 31.2 Å². The third kappa shape index (κ3) is 8.25. The Bertz CT molecular complexity index is 1520. The molecule has 0 radical (unpaired) electrons. The van der Waals surface area contributed by atoms with Crippen LogP contribution in [0.1, 0.15) is 44.4 Å². The van der Waals surface area contributed by atoms with Crippen LogP contribution in [0.2, 0.25) is 5.02 Å². The number of hydrogen-bond donors (Lipinski definition) is 1. The molecule has 0 bridgehead atoms. The largest absolute Gasteiger partial charge is 0.417 e. The van der Waals surface area contributed by atoms with E-state index in [-0.39, 0.29) is 11.4 Å². The fourth-order valence-electron chi connectivity index (χ4n) is 4.09. The highest BCUT2D eigenvalue weighted by Crippen LogP contribution is 2.38. The number of hydrogen-bond acceptors (Lipinski definition) is 4. The molecule has 42 heavy (non-hydrogen) atoms. The summed E-state index contributed by atoms with van der Waals surface area (Å²) < 4.78 is 69.6. The molecular weight excluding hydrogens is 591 g/mol. The van der Waals surface area contributed by atoms with Gasteiger partial charge in [0.15, 0.2) is 0 Å². The summed E-state index contributed by atoms with van der Waals surface area (Å²) in [6, 6.07) is 16.0. The standard InChI is InChI=1S/C30H33ClF3N3O4S/c1-20-11-14-24(15-12-20)42(40,41)37(23-13-16-26(31)25(17-23)30(32,33)34)19-27(38)36(18-22-9-7-6-8-10-22)21(2)28(39)35-29(3,4)5/h6-17,21H,18-19H2,1-5H3,(H,35,39)/t21-/m1/s1. The number of nitrogens with zero attached hydrogens (tertiary/aromatic N) is 2. The topological polar surface area (TPSA) is 86.8 Å². The summed E-state index contributed by atoms with van der Waals surface area (Å²) in [6.07, 6.45) is -4.88. The van der Waals surface area contributed by atoms with E-state index in [1.165, 1.54) is 36.1 Å². The van der Waals surface area contributed by atoms with E-state index in [0.717, 1.165) is 17.7 Å². The molecule has 7 nitrogen and oxygen atoms in total. The lowest BCUT2D eigenvalue weighted by Gasteiger charge is -2.33. The second-order valence-corrected chi connectivity index (χ2v) is 13.2. The molecule has 0 saturated carbocycles. The predicted octanol–water partition coefficient (Wildman–Crippen LogP) is 6.19. The summed E-state index contributed by atoms with van der Waals surface area (Å²) in [5, 5.41) is 2.19. The molecule has 0 spiro atoms. The van der Waals surface area contributed by atoms with E-state index in [1.54, 1.807) is 58.0 Å². The van der Waals surface area contributed by atoms with Crippen molar-refractivity contribution in [3.8, 4) is 0 Å². The number of anilines is 1. The molecule has 1 N–H and O–H groups in total. The second-order valence-electron chi connectivity index (χ2n) is 10.9. The molecule has 0 aromatic heterocycles. The first-order valence-corrected chi connectivity index (χ1v) is 14.8. The SMILES string of the molecule is Cc1ccc(S(=O)(=O)N(CC(=O)N(Cc2ccccc2)[C@H](C)C(=O)NC(C)(C)C)c2ccc(Cl)c(C(F)(F)F)c2)cc1. The van der Waals surface area contributed by atoms with Gasteiger partial charge in [0.2, 0.25) is 11.8 Å². The number of halogens is 4. The van der Waals surface area contributed by atoms with Crippen LogP contribution in [0.5, 0.6) is 0 Å². The zero-order valence-corrected chi connectivity index (χ0v) is 25.4. The number of nitrogens with one attached hydrogen (secondary N) is 1. The third-order valence-corrected chi connectivity index (χ3v) is 8.41. The monoisotopic (exact) mass is 623 g/mol. The van der Waals surface area contributed by atoms with E-state index in [4.69, 9.17) is 11.6 Å². The van der Waals surface area contributed by atoms with Crippen LogP contribution in [-0.2, 0) is 32.3 Å². The van der Waals surface area contributed by atoms with Crippen molar-refractivity contribution in [2.75, 3.05) is 10.8 Å². The molecule has 3 aromatic carbocycles. The Kier molecular flexibility index (Phi) is 10.00. The molecule has 0 saturated heterocycles. The highest BCUT2D eigenvalue weighted by molar-refractivity contribution is 7.92. The Morgan fingerprint density at radius 2 is 1.55 bits per heavy atom. The van der Waals surface area contributed by atoms with Gasteiger partial charge in [-0.25, -0.2) is 8.42 Å². The minimum absolute atomic E-state index is 0.0504. The lowest BCUT2D eigenvalue weighted by Crippen LogP contribution is -2.54. The Morgan fingerprint density at radius 1 is 0.952 bits per heavy atom. The summed E-state index contributed by atoms with van der Waals surface area (Å²) in [7, 11) is -4.55. The number of sulfonamides is 1. The molecule has 0 aliphatic carbocycles. The van der Waals surface area contributed by atoms with Crippen LogP contribution in [0.15, 0.2) is 77.7 Å². The third-order valence-electron chi connectivity index (χ3n) is 6.29. The smallest absolute Gasteiger partial charge is 0.350 e. The van der Waals surface area contributed by atoms with Crippen molar-refractivity contribution in [2.45, 2.75) is 63.8 Å². The summed E-state index contributed by atoms with van der Waals surface area (Å²) in [5.74, 6) is -1.28. The van der Waals surface area contributed by atoms with Crippen molar-refractivity contribution in [2.24, 2.45) is 0 Å². The molecule has 3 aromatic rings. The first-order valence-electron chi connectivity index (χ1n) is 13.0. The molecule has 0 heterocycles. The van der Waals surface area contributed by atoms with Gasteiger partial charge in [0.05, 0.1) is 21.2 Å². The number of rotatable bonds is 9. The van der Waals surface area contributed by atoms with E-state index in [9.17, 15) is 31.2 Å². The zero-order valence-electron chi connectivity index (χ0n) is 23.9. The fraction of sp³-hybridized carbons (Fsp3) is 0.333. The average molecular weight is 624 g/mol. The molecule has 0 aliphatic heterocycles. The van der Waals surface area contributed by atoms with Gasteiger partial charge in [0, 0.05) is 12.1 Å². The van der Waals surface area contributed by atoms with Gasteiger partial charge in [-0.3, -0.25) is 13.9 Å². The molecule has 0 unspecified atom stereocenters. The normalized spacial score (nSPS) is 12.9. The van der Waals surface area contributed by atoms with Gasteiger partial charge in [-0.1, -0.05) is 59.6 Å². The molecule has 12 heteroatoms. The van der Waals surface area contributed by atoms with Gasteiger partial charge in [-0.15, -0.1) is 0 Å². The number of alkyl halides is 3. The summed E-state index contributed by atoms with van der Waals surface area (Å²) in [5.41, 5.74) is -0.857.